The molecule has 1 amide bonds. The normalized spacial score (nSPS) is 15.1. The third kappa shape index (κ3) is 5.01. The third-order valence-corrected chi connectivity index (χ3v) is 8.17. The van der Waals surface area contributed by atoms with Gasteiger partial charge in [0, 0.05) is 18.8 Å². The second-order valence-electron chi connectivity index (χ2n) is 7.21. The highest BCUT2D eigenvalue weighted by atomic mass is 35.5. The largest absolute Gasteiger partial charge is 0.469 e. The summed E-state index contributed by atoms with van der Waals surface area (Å²) in [6.07, 6.45) is 4.18. The van der Waals surface area contributed by atoms with Crippen molar-refractivity contribution in [2.24, 2.45) is 0 Å². The number of carbonyl (C=O) groups is 1. The van der Waals surface area contributed by atoms with Crippen molar-refractivity contribution in [3.63, 3.8) is 0 Å². The number of aryl methyl sites for hydroxylation is 1. The highest BCUT2D eigenvalue weighted by molar-refractivity contribution is 7.99. The molecule has 0 bridgehead atoms. The molecular weight excluding hydrogens is 476 g/mol. The van der Waals surface area contributed by atoms with Gasteiger partial charge in [0.15, 0.2) is 0 Å². The number of anilines is 1. The second-order valence-corrected chi connectivity index (χ2v) is 10.5. The number of nitrogens with zero attached hydrogens (tertiary/aromatic N) is 3. The summed E-state index contributed by atoms with van der Waals surface area (Å²) in [5.74, 6) is 0.617. The molecular formula is C20H21ClN4O5S2. The lowest BCUT2D eigenvalue weighted by molar-refractivity contribution is -0.113. The Morgan fingerprint density at radius 2 is 2.00 bits per heavy atom. The van der Waals surface area contributed by atoms with Crippen LogP contribution in [0, 0.1) is 6.92 Å². The monoisotopic (exact) mass is 496 g/mol. The van der Waals surface area contributed by atoms with Crippen LogP contribution in [0.15, 0.2) is 49.5 Å². The molecule has 2 aromatic heterocycles. The molecule has 170 valence electrons. The molecule has 0 spiro atoms. The van der Waals surface area contributed by atoms with Crippen molar-refractivity contribution < 1.29 is 22.0 Å². The first kappa shape index (κ1) is 22.8. The Hall–Kier alpha value is -2.34. The van der Waals surface area contributed by atoms with Crippen molar-refractivity contribution in [1.82, 2.24) is 14.5 Å². The fraction of sp³-hybridized carbons (Fsp3) is 0.350. The van der Waals surface area contributed by atoms with E-state index in [4.69, 9.17) is 20.4 Å². The average Bonchev–Trinajstić information content (AvgIpc) is 3.42. The highest BCUT2D eigenvalue weighted by Crippen LogP contribution is 2.30. The molecule has 3 aromatic rings. The maximum Gasteiger partial charge on any atom is 0.277 e. The minimum atomic E-state index is -3.72. The zero-order chi connectivity index (χ0) is 22.7. The average molecular weight is 497 g/mol. The maximum absolute atomic E-state index is 13.0. The van der Waals surface area contributed by atoms with Gasteiger partial charge in [-0.15, -0.1) is 10.2 Å². The van der Waals surface area contributed by atoms with Crippen molar-refractivity contribution in [3.05, 3.63) is 41.3 Å². The molecule has 1 fully saturated rings. The molecule has 12 heteroatoms. The number of nitrogens with one attached hydrogen (secondary N) is 1. The number of rotatable bonds is 7. The summed E-state index contributed by atoms with van der Waals surface area (Å²) >= 11 is 7.25. The van der Waals surface area contributed by atoms with Crippen LogP contribution in [-0.2, 0) is 14.8 Å². The van der Waals surface area contributed by atoms with E-state index in [1.165, 1.54) is 22.7 Å². The van der Waals surface area contributed by atoms with Gasteiger partial charge in [-0.3, -0.25) is 4.79 Å². The number of piperidine rings is 1. The van der Waals surface area contributed by atoms with Crippen LogP contribution in [0.4, 0.5) is 5.69 Å². The number of hydrogen-bond acceptors (Lipinski definition) is 8. The number of amides is 1. The lowest BCUT2D eigenvalue weighted by Crippen LogP contribution is -2.35. The van der Waals surface area contributed by atoms with Crippen LogP contribution in [0.2, 0.25) is 5.02 Å². The van der Waals surface area contributed by atoms with Crippen LogP contribution >= 0.6 is 23.4 Å². The summed E-state index contributed by atoms with van der Waals surface area (Å²) in [5, 5.41) is 10.9. The predicted molar refractivity (Wildman–Crippen MR) is 120 cm³/mol. The Balaban J connectivity index is 1.40. The number of sulfonamides is 1. The van der Waals surface area contributed by atoms with E-state index in [0.717, 1.165) is 31.0 Å². The number of furan rings is 1. The summed E-state index contributed by atoms with van der Waals surface area (Å²) in [6.45, 7) is 2.72. The van der Waals surface area contributed by atoms with Crippen molar-refractivity contribution in [3.8, 4) is 11.5 Å². The fourth-order valence-electron chi connectivity index (χ4n) is 3.33. The number of thioether (sulfide) groups is 1. The second kappa shape index (κ2) is 9.65. The predicted octanol–water partition coefficient (Wildman–Crippen LogP) is 4.20. The van der Waals surface area contributed by atoms with Crippen LogP contribution in [0.1, 0.15) is 25.0 Å². The van der Waals surface area contributed by atoms with Gasteiger partial charge in [0.1, 0.15) is 10.7 Å². The Morgan fingerprint density at radius 1 is 1.22 bits per heavy atom. The SMILES string of the molecule is Cc1occc1-c1nnc(SCC(=O)Nc2ccc(Cl)c(S(=O)(=O)N3CCCCC3)c2)o1. The van der Waals surface area contributed by atoms with Gasteiger partial charge in [-0.05, 0) is 44.0 Å². The van der Waals surface area contributed by atoms with Crippen LogP contribution in [-0.4, -0.2) is 47.7 Å². The van der Waals surface area contributed by atoms with Crippen molar-refractivity contribution in [2.75, 3.05) is 24.2 Å². The van der Waals surface area contributed by atoms with E-state index in [1.54, 1.807) is 19.1 Å². The van der Waals surface area contributed by atoms with Crippen molar-refractivity contribution in [2.45, 2.75) is 36.3 Å². The first-order valence-corrected chi connectivity index (χ1v) is 12.8. The summed E-state index contributed by atoms with van der Waals surface area (Å²) < 4.78 is 38.2. The van der Waals surface area contributed by atoms with Gasteiger partial charge in [0.05, 0.1) is 22.6 Å². The molecule has 1 saturated heterocycles. The van der Waals surface area contributed by atoms with Crippen molar-refractivity contribution in [1.29, 1.82) is 0 Å². The van der Waals surface area contributed by atoms with E-state index in [9.17, 15) is 13.2 Å². The molecule has 0 aliphatic carbocycles. The summed E-state index contributed by atoms with van der Waals surface area (Å²) in [5.41, 5.74) is 1.04. The van der Waals surface area contributed by atoms with Gasteiger partial charge in [-0.1, -0.05) is 29.8 Å². The molecule has 0 atom stereocenters. The first-order chi connectivity index (χ1) is 15.3. The molecule has 9 nitrogen and oxygen atoms in total. The molecule has 1 aliphatic rings. The van der Waals surface area contributed by atoms with Gasteiger partial charge in [0.25, 0.3) is 11.1 Å². The zero-order valence-electron chi connectivity index (χ0n) is 17.2. The van der Waals surface area contributed by atoms with Crippen LogP contribution in [0.3, 0.4) is 0 Å². The van der Waals surface area contributed by atoms with E-state index in [2.05, 4.69) is 15.5 Å². The molecule has 1 aliphatic heterocycles. The molecule has 0 saturated carbocycles. The lowest BCUT2D eigenvalue weighted by atomic mass is 10.2. The number of carbonyl (C=O) groups excluding carboxylic acids is 1. The molecule has 32 heavy (non-hydrogen) atoms. The third-order valence-electron chi connectivity index (χ3n) is 4.97. The quantitative estimate of drug-likeness (QED) is 0.483. The molecule has 1 N–H and O–H groups in total. The lowest BCUT2D eigenvalue weighted by Gasteiger charge is -2.26. The van der Waals surface area contributed by atoms with Crippen LogP contribution < -0.4 is 5.32 Å². The smallest absolute Gasteiger partial charge is 0.277 e. The summed E-state index contributed by atoms with van der Waals surface area (Å²) in [4.78, 5) is 12.4. The Labute approximate surface area is 194 Å². The summed E-state index contributed by atoms with van der Waals surface area (Å²) in [6, 6.07) is 6.15. The van der Waals surface area contributed by atoms with E-state index in [-0.39, 0.29) is 26.8 Å². The molecule has 0 radical (unpaired) electrons. The van der Waals surface area contributed by atoms with Gasteiger partial charge in [0.2, 0.25) is 15.9 Å². The minimum Gasteiger partial charge on any atom is -0.469 e. The topological polar surface area (TPSA) is 119 Å². The van der Waals surface area contributed by atoms with E-state index < -0.39 is 10.0 Å². The van der Waals surface area contributed by atoms with E-state index >= 15 is 0 Å². The Morgan fingerprint density at radius 3 is 2.72 bits per heavy atom. The standard InChI is InChI=1S/C20H21ClN4O5S2/c1-13-15(7-10-29-13)19-23-24-20(30-19)31-12-18(26)22-14-5-6-16(21)17(11-14)32(27,28)25-8-3-2-4-9-25/h5-7,10-11H,2-4,8-9,12H2,1H3,(H,22,26). The fourth-order valence-corrected chi connectivity index (χ4v) is 5.91. The summed E-state index contributed by atoms with van der Waals surface area (Å²) in [7, 11) is -3.72. The molecule has 1 aromatic carbocycles. The van der Waals surface area contributed by atoms with Crippen molar-refractivity contribution >= 4 is 45.0 Å². The highest BCUT2D eigenvalue weighted by Gasteiger charge is 2.28. The van der Waals surface area contributed by atoms with E-state index in [1.807, 2.05) is 0 Å². The van der Waals surface area contributed by atoms with Gasteiger partial charge >= 0.3 is 0 Å². The van der Waals surface area contributed by atoms with Crippen LogP contribution in [0.25, 0.3) is 11.5 Å². The van der Waals surface area contributed by atoms with Gasteiger partial charge in [-0.2, -0.15) is 4.31 Å². The van der Waals surface area contributed by atoms with Gasteiger partial charge < -0.3 is 14.2 Å². The van der Waals surface area contributed by atoms with Crippen LogP contribution in [0.5, 0.6) is 0 Å². The maximum atomic E-state index is 13.0. The Kier molecular flexibility index (Phi) is 6.89. The molecule has 4 rings (SSSR count). The molecule has 0 unspecified atom stereocenters. The number of hydrogen-bond donors (Lipinski definition) is 1. The minimum absolute atomic E-state index is 0.00281. The zero-order valence-corrected chi connectivity index (χ0v) is 19.6. The molecule has 3 heterocycles. The number of benzene rings is 1. The van der Waals surface area contributed by atoms with E-state index in [0.29, 0.717) is 36.0 Å². The first-order valence-electron chi connectivity index (χ1n) is 9.95. The number of aromatic nitrogens is 2. The van der Waals surface area contributed by atoms with Gasteiger partial charge in [-0.25, -0.2) is 8.42 Å². The Bertz CT molecular complexity index is 1220. The number of halogens is 1.